The van der Waals surface area contributed by atoms with Crippen LogP contribution in [0.5, 0.6) is 0 Å². The molecule has 0 spiro atoms. The Morgan fingerprint density at radius 2 is 1.15 bits per heavy atom. The Balaban J connectivity index is 1.26. The van der Waals surface area contributed by atoms with Gasteiger partial charge in [-0.05, 0) is 59.2 Å². The lowest BCUT2D eigenvalue weighted by atomic mass is 9.65. The van der Waals surface area contributed by atoms with Gasteiger partial charge in [0.1, 0.15) is 0 Å². The van der Waals surface area contributed by atoms with Gasteiger partial charge in [0.15, 0.2) is 0 Å². The molecule has 6 aromatic rings. The summed E-state index contributed by atoms with van der Waals surface area (Å²) in [6, 6.07) is 44.7. The fourth-order valence-electron chi connectivity index (χ4n) is 7.25. The van der Waals surface area contributed by atoms with Crippen LogP contribution < -0.4 is 4.90 Å². The quantitative estimate of drug-likeness (QED) is 0.222. The van der Waals surface area contributed by atoms with Crippen LogP contribution in [-0.4, -0.2) is 10.6 Å². The summed E-state index contributed by atoms with van der Waals surface area (Å²) < 4.78 is 2.39. The van der Waals surface area contributed by atoms with Crippen LogP contribution in [0.3, 0.4) is 0 Å². The Kier molecular flexibility index (Phi) is 5.33. The number of hydrogen-bond acceptors (Lipinski definition) is 1. The zero-order valence-corrected chi connectivity index (χ0v) is 23.4. The highest BCUT2D eigenvalue weighted by atomic mass is 15.2. The number of benzene rings is 5. The van der Waals surface area contributed by atoms with Crippen molar-refractivity contribution in [3.63, 3.8) is 0 Å². The third-order valence-electron chi connectivity index (χ3n) is 9.24. The van der Waals surface area contributed by atoms with Crippen molar-refractivity contribution in [3.8, 4) is 16.8 Å². The molecule has 0 radical (unpaired) electrons. The molecule has 1 aromatic heterocycles. The number of rotatable bonds is 3. The zero-order chi connectivity index (χ0) is 27.6. The molecular weight excluding hydrogens is 496 g/mol. The first kappa shape index (κ1) is 24.0. The monoisotopic (exact) mass is 528 g/mol. The molecule has 0 N–H and O–H groups in total. The summed E-state index contributed by atoms with van der Waals surface area (Å²) in [6.07, 6.45) is 9.19. The van der Waals surface area contributed by atoms with Gasteiger partial charge >= 0.3 is 0 Å². The molecule has 8 rings (SSSR count). The molecule has 1 aliphatic heterocycles. The smallest absolute Gasteiger partial charge is 0.0596 e. The molecular formula is C39H32N2. The van der Waals surface area contributed by atoms with E-state index in [9.17, 15) is 0 Å². The summed E-state index contributed by atoms with van der Waals surface area (Å²) in [5.41, 5.74) is 10.1. The lowest BCUT2D eigenvalue weighted by Crippen LogP contribution is -2.49. The van der Waals surface area contributed by atoms with E-state index in [1.165, 1.54) is 55.6 Å². The van der Waals surface area contributed by atoms with Crippen LogP contribution in [0.25, 0.3) is 38.6 Å². The lowest BCUT2D eigenvalue weighted by Gasteiger charge is -2.50. The van der Waals surface area contributed by atoms with Crippen molar-refractivity contribution >= 4 is 33.2 Å². The molecule has 41 heavy (non-hydrogen) atoms. The number of anilines is 2. The fourth-order valence-corrected chi connectivity index (χ4v) is 7.25. The topological polar surface area (TPSA) is 8.17 Å². The van der Waals surface area contributed by atoms with E-state index in [4.69, 9.17) is 0 Å². The van der Waals surface area contributed by atoms with Crippen molar-refractivity contribution in [2.24, 2.45) is 5.92 Å². The van der Waals surface area contributed by atoms with Crippen molar-refractivity contribution in [2.45, 2.75) is 25.3 Å². The van der Waals surface area contributed by atoms with Crippen LogP contribution in [0.2, 0.25) is 0 Å². The van der Waals surface area contributed by atoms with Gasteiger partial charge in [0.05, 0.1) is 17.1 Å². The number of fused-ring (bicyclic) bond motifs is 5. The summed E-state index contributed by atoms with van der Waals surface area (Å²) in [6.45, 7) is 4.78. The highest BCUT2D eigenvalue weighted by Crippen LogP contribution is 2.50. The van der Waals surface area contributed by atoms with Gasteiger partial charge in [0.25, 0.3) is 0 Å². The van der Waals surface area contributed by atoms with E-state index >= 15 is 0 Å². The normalized spacial score (nSPS) is 18.9. The maximum Gasteiger partial charge on any atom is 0.0596 e. The van der Waals surface area contributed by atoms with Crippen LogP contribution in [0.15, 0.2) is 146 Å². The molecule has 0 bridgehead atoms. The lowest BCUT2D eigenvalue weighted by molar-refractivity contribution is 0.332. The van der Waals surface area contributed by atoms with Gasteiger partial charge in [-0.25, -0.2) is 0 Å². The van der Waals surface area contributed by atoms with Gasteiger partial charge in [-0.1, -0.05) is 117 Å². The van der Waals surface area contributed by atoms with E-state index in [1.54, 1.807) is 0 Å². The van der Waals surface area contributed by atoms with Crippen molar-refractivity contribution < 1.29 is 0 Å². The van der Waals surface area contributed by atoms with E-state index in [1.807, 2.05) is 0 Å². The molecule has 2 heteroatoms. The first-order valence-electron chi connectivity index (χ1n) is 14.5. The Labute approximate surface area is 241 Å². The Morgan fingerprint density at radius 3 is 1.88 bits per heavy atom. The molecule has 1 aliphatic carbocycles. The van der Waals surface area contributed by atoms with Crippen LogP contribution >= 0.6 is 0 Å². The summed E-state index contributed by atoms with van der Waals surface area (Å²) in [4.78, 5) is 2.55. The molecule has 2 unspecified atom stereocenters. The van der Waals surface area contributed by atoms with Gasteiger partial charge in [-0.3, -0.25) is 0 Å². The van der Waals surface area contributed by atoms with Crippen LogP contribution in [0.1, 0.15) is 19.4 Å². The minimum Gasteiger partial charge on any atom is -0.334 e. The van der Waals surface area contributed by atoms with Gasteiger partial charge in [-0.15, -0.1) is 0 Å². The summed E-state index contributed by atoms with van der Waals surface area (Å²) in [5, 5.41) is 2.57. The van der Waals surface area contributed by atoms with Crippen molar-refractivity contribution in [1.29, 1.82) is 0 Å². The van der Waals surface area contributed by atoms with Crippen molar-refractivity contribution in [1.82, 2.24) is 4.57 Å². The zero-order valence-electron chi connectivity index (χ0n) is 23.4. The Morgan fingerprint density at radius 1 is 0.561 bits per heavy atom. The Hall–Kier alpha value is -4.82. The number of hydrogen-bond donors (Lipinski definition) is 0. The molecule has 0 fully saturated rings. The number of nitrogens with zero attached hydrogens (tertiary/aromatic N) is 2. The number of para-hydroxylation sites is 3. The van der Waals surface area contributed by atoms with Crippen LogP contribution in [-0.2, 0) is 5.41 Å². The predicted molar refractivity (Wildman–Crippen MR) is 173 cm³/mol. The average Bonchev–Trinajstić information content (AvgIpc) is 3.36. The van der Waals surface area contributed by atoms with Crippen LogP contribution in [0.4, 0.5) is 11.4 Å². The summed E-state index contributed by atoms with van der Waals surface area (Å²) in [5.74, 6) is 0.393. The second kappa shape index (κ2) is 9.11. The molecule has 5 aromatic carbocycles. The molecule has 0 saturated carbocycles. The first-order chi connectivity index (χ1) is 20.1. The van der Waals surface area contributed by atoms with Gasteiger partial charge in [0.2, 0.25) is 0 Å². The highest BCUT2D eigenvalue weighted by Gasteiger charge is 2.44. The van der Waals surface area contributed by atoms with Gasteiger partial charge in [-0.2, -0.15) is 0 Å². The molecule has 0 saturated heterocycles. The number of allylic oxidation sites excluding steroid dienone is 2. The van der Waals surface area contributed by atoms with E-state index < -0.39 is 0 Å². The number of aromatic nitrogens is 1. The second-order valence-electron chi connectivity index (χ2n) is 11.9. The second-order valence-corrected chi connectivity index (χ2v) is 11.9. The highest BCUT2D eigenvalue weighted by molar-refractivity contribution is 6.09. The van der Waals surface area contributed by atoms with E-state index in [0.717, 1.165) is 0 Å². The Bertz CT molecular complexity index is 1950. The molecule has 0 amide bonds. The third-order valence-corrected chi connectivity index (χ3v) is 9.24. The summed E-state index contributed by atoms with van der Waals surface area (Å²) in [7, 11) is 0. The molecule has 2 heterocycles. The average molecular weight is 529 g/mol. The van der Waals surface area contributed by atoms with E-state index in [2.05, 4.69) is 169 Å². The molecule has 2 aliphatic rings. The SMILES string of the molecule is CC1(C)c2ccccc2N(c2cccc(-c3cccc(-n4c5ccccc5c5ccccc54)c3)c2)C2C=CC=CC21. The van der Waals surface area contributed by atoms with E-state index in [-0.39, 0.29) is 11.5 Å². The van der Waals surface area contributed by atoms with Crippen molar-refractivity contribution in [2.75, 3.05) is 4.90 Å². The van der Waals surface area contributed by atoms with Crippen LogP contribution in [0, 0.1) is 5.92 Å². The maximum absolute atomic E-state index is 2.55. The minimum atomic E-state index is 0.0489. The maximum atomic E-state index is 2.55. The standard InChI is InChI=1S/C39H32N2/c1-39(2)33-19-5-9-23-37(33)41(38-24-10-6-20-34(38)39)30-16-12-14-28(26-30)27-13-11-15-29(25-27)40-35-21-7-3-17-31(35)32-18-4-8-22-36(32)40/h3-26,33,37H,1-2H3. The van der Waals surface area contributed by atoms with E-state index in [0.29, 0.717) is 5.92 Å². The predicted octanol–water partition coefficient (Wildman–Crippen LogP) is 9.99. The van der Waals surface area contributed by atoms with Gasteiger partial charge in [0, 0.05) is 39.2 Å². The molecule has 198 valence electrons. The summed E-state index contributed by atoms with van der Waals surface area (Å²) >= 11 is 0. The minimum absolute atomic E-state index is 0.0489. The largest absolute Gasteiger partial charge is 0.334 e. The molecule has 2 nitrogen and oxygen atoms in total. The van der Waals surface area contributed by atoms with Gasteiger partial charge < -0.3 is 9.47 Å². The third kappa shape index (κ3) is 3.64. The molecule has 2 atom stereocenters. The van der Waals surface area contributed by atoms with Crippen molar-refractivity contribution in [3.05, 3.63) is 151 Å². The fraction of sp³-hybridized carbons (Fsp3) is 0.128. The first-order valence-corrected chi connectivity index (χ1v) is 14.5.